The van der Waals surface area contributed by atoms with E-state index in [9.17, 15) is 0 Å². The van der Waals surface area contributed by atoms with Crippen molar-refractivity contribution < 1.29 is 0 Å². The maximum atomic E-state index is 2.48. The lowest BCUT2D eigenvalue weighted by Crippen LogP contribution is -1.96. The summed E-state index contributed by atoms with van der Waals surface area (Å²) < 4.78 is 4.88. The van der Waals surface area contributed by atoms with Gasteiger partial charge in [-0.3, -0.25) is 0 Å². The number of aromatic nitrogens is 2. The summed E-state index contributed by atoms with van der Waals surface area (Å²) in [5, 5.41) is 7.68. The van der Waals surface area contributed by atoms with Gasteiger partial charge < -0.3 is 9.13 Å². The van der Waals surface area contributed by atoms with Crippen LogP contribution >= 0.6 is 0 Å². The van der Waals surface area contributed by atoms with E-state index in [-0.39, 0.29) is 0 Å². The first kappa shape index (κ1) is 19.2. The highest BCUT2D eigenvalue weighted by molar-refractivity contribution is 6.26. The predicted molar refractivity (Wildman–Crippen MR) is 147 cm³/mol. The Hall–Kier alpha value is -4.30. The molecule has 2 heteroatoms. The van der Waals surface area contributed by atoms with Crippen molar-refractivity contribution in [3.8, 4) is 5.69 Å². The van der Waals surface area contributed by atoms with Crippen LogP contribution in [0.15, 0.2) is 109 Å². The van der Waals surface area contributed by atoms with Crippen molar-refractivity contribution in [1.29, 1.82) is 0 Å². The van der Waals surface area contributed by atoms with Crippen LogP contribution in [0, 0.1) is 0 Å². The number of rotatable bonds is 2. The molecule has 7 aromatic rings. The second-order valence-electron chi connectivity index (χ2n) is 8.99. The van der Waals surface area contributed by atoms with Gasteiger partial charge in [-0.05, 0) is 43.5 Å². The summed E-state index contributed by atoms with van der Waals surface area (Å²) in [6, 6.07) is 37.5. The van der Waals surface area contributed by atoms with E-state index in [0.29, 0.717) is 0 Å². The molecule has 2 nitrogen and oxygen atoms in total. The Morgan fingerprint density at radius 3 is 2.09 bits per heavy atom. The second kappa shape index (κ2) is 7.10. The van der Waals surface area contributed by atoms with Crippen molar-refractivity contribution >= 4 is 60.1 Å². The van der Waals surface area contributed by atoms with Crippen molar-refractivity contribution in [1.82, 2.24) is 9.13 Å². The number of hydrogen-bond acceptors (Lipinski definition) is 0. The molecule has 0 bridgehead atoms. The molecule has 0 atom stereocenters. The summed E-state index contributed by atoms with van der Waals surface area (Å²) in [5.74, 6) is 0. The number of allylic oxidation sites excluding steroid dienone is 2. The van der Waals surface area contributed by atoms with Gasteiger partial charge in [-0.1, -0.05) is 84.9 Å². The maximum absolute atomic E-state index is 2.48. The van der Waals surface area contributed by atoms with Crippen LogP contribution < -0.4 is 0 Å². The smallest absolute Gasteiger partial charge is 0.0641 e. The topological polar surface area (TPSA) is 9.86 Å². The average Bonchev–Trinajstić information content (AvgIpc) is 3.41. The van der Waals surface area contributed by atoms with Gasteiger partial charge in [0.2, 0.25) is 0 Å². The minimum absolute atomic E-state index is 1.22. The molecule has 0 saturated heterocycles. The molecule has 0 aliphatic heterocycles. The lowest BCUT2D eigenvalue weighted by molar-refractivity contribution is 1.19. The van der Waals surface area contributed by atoms with Gasteiger partial charge in [-0.2, -0.15) is 0 Å². The SMILES string of the molecule is C/C=C(\C)n1c2ccccc2c2c1ccc1c3ccccc3n(-c3cccc4ccccc34)c12. The molecule has 34 heavy (non-hydrogen) atoms. The van der Waals surface area contributed by atoms with Crippen LogP contribution in [0.3, 0.4) is 0 Å². The lowest BCUT2D eigenvalue weighted by Gasteiger charge is -2.12. The summed E-state index contributed by atoms with van der Waals surface area (Å²) in [7, 11) is 0. The Morgan fingerprint density at radius 2 is 1.26 bits per heavy atom. The average molecular weight is 437 g/mol. The Balaban J connectivity index is 1.80. The van der Waals surface area contributed by atoms with Gasteiger partial charge in [0, 0.05) is 32.6 Å². The molecule has 0 spiro atoms. The van der Waals surface area contributed by atoms with Crippen molar-refractivity contribution in [3.05, 3.63) is 109 Å². The largest absolute Gasteiger partial charge is 0.314 e. The van der Waals surface area contributed by atoms with Crippen molar-refractivity contribution in [2.24, 2.45) is 0 Å². The zero-order chi connectivity index (χ0) is 22.8. The van der Waals surface area contributed by atoms with Gasteiger partial charge in [-0.25, -0.2) is 0 Å². The number of fused-ring (bicyclic) bond motifs is 8. The Bertz CT molecular complexity index is 1920. The number of para-hydroxylation sites is 2. The molecule has 0 radical (unpaired) electrons. The van der Waals surface area contributed by atoms with E-state index in [4.69, 9.17) is 0 Å². The highest BCUT2D eigenvalue weighted by Crippen LogP contribution is 2.42. The molecule has 0 aliphatic carbocycles. The zero-order valence-corrected chi connectivity index (χ0v) is 19.3. The fourth-order valence-corrected chi connectivity index (χ4v) is 5.67. The van der Waals surface area contributed by atoms with E-state index in [1.54, 1.807) is 0 Å². The Morgan fingerprint density at radius 1 is 0.588 bits per heavy atom. The monoisotopic (exact) mass is 436 g/mol. The van der Waals surface area contributed by atoms with Crippen LogP contribution in [0.1, 0.15) is 13.8 Å². The summed E-state index contributed by atoms with van der Waals surface area (Å²) in [5.41, 5.74) is 7.45. The fourth-order valence-electron chi connectivity index (χ4n) is 5.67. The van der Waals surface area contributed by atoms with Gasteiger partial charge >= 0.3 is 0 Å². The first-order valence-corrected chi connectivity index (χ1v) is 11.8. The lowest BCUT2D eigenvalue weighted by atomic mass is 10.1. The van der Waals surface area contributed by atoms with E-state index in [1.165, 1.54) is 65.8 Å². The van der Waals surface area contributed by atoms with Crippen molar-refractivity contribution in [3.63, 3.8) is 0 Å². The van der Waals surface area contributed by atoms with Gasteiger partial charge in [0.1, 0.15) is 0 Å². The van der Waals surface area contributed by atoms with Gasteiger partial charge in [-0.15, -0.1) is 0 Å². The minimum atomic E-state index is 1.22. The summed E-state index contributed by atoms with van der Waals surface area (Å²) in [6.07, 6.45) is 2.19. The molecular formula is C32H24N2. The standard InChI is InChI=1S/C32H24N2/c1-3-21(2)33-29-17-9-7-15-26(29)31-30(33)20-19-25-24-14-6-8-16-28(24)34(32(25)31)27-18-10-12-22-11-4-5-13-23(22)27/h3-20H,1-2H3/b21-3+. The molecule has 0 fully saturated rings. The molecular weight excluding hydrogens is 412 g/mol. The molecule has 0 unspecified atom stereocenters. The highest BCUT2D eigenvalue weighted by atomic mass is 15.0. The first-order valence-electron chi connectivity index (χ1n) is 11.8. The normalized spacial score (nSPS) is 12.6. The molecule has 0 saturated carbocycles. The van der Waals surface area contributed by atoms with Gasteiger partial charge in [0.25, 0.3) is 0 Å². The van der Waals surface area contributed by atoms with E-state index in [0.717, 1.165) is 0 Å². The molecule has 0 aliphatic rings. The number of benzene rings is 5. The molecule has 5 aromatic carbocycles. The Kier molecular flexibility index (Phi) is 4.01. The summed E-state index contributed by atoms with van der Waals surface area (Å²) >= 11 is 0. The molecule has 0 amide bonds. The number of nitrogens with zero attached hydrogens (tertiary/aromatic N) is 2. The van der Waals surface area contributed by atoms with Crippen LogP contribution in [0.25, 0.3) is 65.8 Å². The summed E-state index contributed by atoms with van der Waals surface area (Å²) in [4.78, 5) is 0. The highest BCUT2D eigenvalue weighted by Gasteiger charge is 2.20. The third-order valence-electron chi connectivity index (χ3n) is 7.25. The van der Waals surface area contributed by atoms with Crippen molar-refractivity contribution in [2.45, 2.75) is 13.8 Å². The number of hydrogen-bond donors (Lipinski definition) is 0. The van der Waals surface area contributed by atoms with Crippen LogP contribution in [-0.4, -0.2) is 9.13 Å². The summed E-state index contributed by atoms with van der Waals surface area (Å²) in [6.45, 7) is 4.30. The van der Waals surface area contributed by atoms with Crippen molar-refractivity contribution in [2.75, 3.05) is 0 Å². The van der Waals surface area contributed by atoms with Gasteiger partial charge in [0.05, 0.1) is 27.8 Å². The maximum Gasteiger partial charge on any atom is 0.0641 e. The first-order chi connectivity index (χ1) is 16.8. The molecule has 2 aromatic heterocycles. The quantitative estimate of drug-likeness (QED) is 0.256. The van der Waals surface area contributed by atoms with Gasteiger partial charge in [0.15, 0.2) is 0 Å². The molecule has 162 valence electrons. The van der Waals surface area contributed by atoms with Crippen LogP contribution in [-0.2, 0) is 0 Å². The third-order valence-corrected chi connectivity index (χ3v) is 7.25. The second-order valence-corrected chi connectivity index (χ2v) is 8.99. The van der Waals surface area contributed by atoms with Crippen LogP contribution in [0.5, 0.6) is 0 Å². The van der Waals surface area contributed by atoms with E-state index in [2.05, 4.69) is 132 Å². The van der Waals surface area contributed by atoms with E-state index in [1.807, 2.05) is 0 Å². The predicted octanol–water partition coefficient (Wildman–Crippen LogP) is 8.93. The minimum Gasteiger partial charge on any atom is -0.314 e. The molecule has 0 N–H and O–H groups in total. The van der Waals surface area contributed by atoms with E-state index >= 15 is 0 Å². The molecule has 2 heterocycles. The van der Waals surface area contributed by atoms with E-state index < -0.39 is 0 Å². The Labute approximate surface area is 198 Å². The molecule has 7 rings (SSSR count). The van der Waals surface area contributed by atoms with Crippen LogP contribution in [0.2, 0.25) is 0 Å². The zero-order valence-electron chi connectivity index (χ0n) is 19.3. The van der Waals surface area contributed by atoms with Crippen LogP contribution in [0.4, 0.5) is 0 Å². The third kappa shape index (κ3) is 2.45. The fraction of sp³-hybridized carbons (Fsp3) is 0.0625.